The van der Waals surface area contributed by atoms with Crippen molar-refractivity contribution >= 4 is 17.3 Å². The fourth-order valence-electron chi connectivity index (χ4n) is 2.25. The molecule has 1 aromatic carbocycles. The average Bonchev–Trinajstić information content (AvgIpc) is 2.38. The van der Waals surface area contributed by atoms with Crippen molar-refractivity contribution in [3.05, 3.63) is 18.2 Å². The number of benzene rings is 1. The zero-order valence-electron chi connectivity index (χ0n) is 9.88. The molecule has 1 atom stereocenters. The molecule has 6 heteroatoms. The fourth-order valence-corrected chi connectivity index (χ4v) is 2.41. The Balaban J connectivity index is 1.86. The molecule has 0 aliphatic carbocycles. The van der Waals surface area contributed by atoms with Gasteiger partial charge in [0.15, 0.2) is 11.5 Å². The number of hydroxylamine groups is 2. The van der Waals surface area contributed by atoms with E-state index in [-0.39, 0.29) is 0 Å². The van der Waals surface area contributed by atoms with Crippen molar-refractivity contribution in [2.24, 2.45) is 0 Å². The maximum Gasteiger partial charge on any atom is 0.206 e. The summed E-state index contributed by atoms with van der Waals surface area (Å²) in [5.41, 5.74) is 0.575. The standard InChI is InChI=1S/C12H15ClN2O3/c13-11-8-17-12-9(2-1-3-10(12)18-11)14-4-6-15(16)7-5-14/h1-3,11,16H,4-8H2. The van der Waals surface area contributed by atoms with Gasteiger partial charge in [0.05, 0.1) is 5.69 Å². The lowest BCUT2D eigenvalue weighted by molar-refractivity contribution is -0.0936. The summed E-state index contributed by atoms with van der Waals surface area (Å²) in [6, 6.07) is 5.79. The highest BCUT2D eigenvalue weighted by molar-refractivity contribution is 6.20. The summed E-state index contributed by atoms with van der Waals surface area (Å²) in [7, 11) is 0. The zero-order valence-corrected chi connectivity index (χ0v) is 10.6. The lowest BCUT2D eigenvalue weighted by atomic mass is 10.2. The minimum atomic E-state index is -0.429. The number of fused-ring (bicyclic) bond motifs is 1. The third-order valence-electron chi connectivity index (χ3n) is 3.17. The highest BCUT2D eigenvalue weighted by atomic mass is 35.5. The lowest BCUT2D eigenvalue weighted by Crippen LogP contribution is -2.45. The Morgan fingerprint density at radius 3 is 2.78 bits per heavy atom. The molecular weight excluding hydrogens is 256 g/mol. The monoisotopic (exact) mass is 270 g/mol. The van der Waals surface area contributed by atoms with Crippen LogP contribution in [0, 0.1) is 0 Å². The first-order chi connectivity index (χ1) is 8.74. The van der Waals surface area contributed by atoms with Crippen LogP contribution < -0.4 is 14.4 Å². The summed E-state index contributed by atoms with van der Waals surface area (Å²) in [6.45, 7) is 3.14. The largest absolute Gasteiger partial charge is 0.482 e. The summed E-state index contributed by atoms with van der Waals surface area (Å²) in [5.74, 6) is 1.44. The van der Waals surface area contributed by atoms with Gasteiger partial charge in [0.1, 0.15) is 6.61 Å². The summed E-state index contributed by atoms with van der Waals surface area (Å²) < 4.78 is 11.2. The molecule has 0 aromatic heterocycles. The predicted octanol–water partition coefficient (Wildman–Crippen LogP) is 1.53. The highest BCUT2D eigenvalue weighted by Gasteiger charge is 2.25. The van der Waals surface area contributed by atoms with Crippen LogP contribution in [0.1, 0.15) is 0 Å². The molecule has 2 aliphatic heterocycles. The van der Waals surface area contributed by atoms with E-state index in [2.05, 4.69) is 4.90 Å². The van der Waals surface area contributed by atoms with E-state index < -0.39 is 5.56 Å². The van der Waals surface area contributed by atoms with Gasteiger partial charge in [-0.25, -0.2) is 0 Å². The molecule has 1 fully saturated rings. The zero-order chi connectivity index (χ0) is 12.5. The van der Waals surface area contributed by atoms with Gasteiger partial charge in [0, 0.05) is 26.2 Å². The van der Waals surface area contributed by atoms with Gasteiger partial charge in [-0.1, -0.05) is 17.7 Å². The molecule has 2 heterocycles. The van der Waals surface area contributed by atoms with E-state index in [9.17, 15) is 5.21 Å². The number of nitrogens with zero attached hydrogens (tertiary/aromatic N) is 2. The molecule has 1 unspecified atom stereocenters. The van der Waals surface area contributed by atoms with Gasteiger partial charge in [-0.2, -0.15) is 5.06 Å². The molecule has 0 spiro atoms. The van der Waals surface area contributed by atoms with Crippen LogP contribution in [0.5, 0.6) is 11.5 Å². The van der Waals surface area contributed by atoms with Crippen LogP contribution in [-0.2, 0) is 0 Å². The van der Waals surface area contributed by atoms with Crippen LogP contribution in [0.3, 0.4) is 0 Å². The number of piperazine rings is 1. The fraction of sp³-hybridized carbons (Fsp3) is 0.500. The maximum absolute atomic E-state index is 9.38. The number of halogens is 1. The van der Waals surface area contributed by atoms with Gasteiger partial charge in [0.25, 0.3) is 0 Å². The minimum Gasteiger partial charge on any atom is -0.482 e. The SMILES string of the molecule is ON1CCN(c2cccc3c2OCC(Cl)O3)CC1. The average molecular weight is 271 g/mol. The maximum atomic E-state index is 9.38. The van der Waals surface area contributed by atoms with Crippen molar-refractivity contribution in [1.29, 1.82) is 0 Å². The summed E-state index contributed by atoms with van der Waals surface area (Å²) in [5, 5.41) is 10.7. The normalized spacial score (nSPS) is 24.1. The van der Waals surface area contributed by atoms with Crippen molar-refractivity contribution < 1.29 is 14.7 Å². The molecule has 1 N–H and O–H groups in total. The number of hydrogen-bond donors (Lipinski definition) is 1. The minimum absolute atomic E-state index is 0.353. The number of hydrogen-bond acceptors (Lipinski definition) is 5. The van der Waals surface area contributed by atoms with Crippen molar-refractivity contribution in [1.82, 2.24) is 5.06 Å². The molecule has 1 saturated heterocycles. The Morgan fingerprint density at radius 2 is 2.00 bits per heavy atom. The van der Waals surface area contributed by atoms with Crippen LogP contribution in [0.15, 0.2) is 18.2 Å². The van der Waals surface area contributed by atoms with Crippen LogP contribution in [0.25, 0.3) is 0 Å². The van der Waals surface area contributed by atoms with E-state index in [4.69, 9.17) is 21.1 Å². The highest BCUT2D eigenvalue weighted by Crippen LogP contribution is 2.41. The Kier molecular flexibility index (Phi) is 3.20. The molecule has 3 rings (SSSR count). The van der Waals surface area contributed by atoms with Crippen molar-refractivity contribution in [3.63, 3.8) is 0 Å². The quantitative estimate of drug-likeness (QED) is 0.784. The smallest absolute Gasteiger partial charge is 0.206 e. The predicted molar refractivity (Wildman–Crippen MR) is 67.8 cm³/mol. The number of para-hydroxylation sites is 1. The van der Waals surface area contributed by atoms with E-state index in [1.165, 1.54) is 5.06 Å². The van der Waals surface area contributed by atoms with E-state index in [1.807, 2.05) is 18.2 Å². The number of alkyl halides is 1. The van der Waals surface area contributed by atoms with E-state index in [1.54, 1.807) is 0 Å². The van der Waals surface area contributed by atoms with Crippen molar-refractivity contribution in [2.75, 3.05) is 37.7 Å². The second-order valence-corrected chi connectivity index (χ2v) is 4.87. The molecule has 2 aliphatic rings. The molecule has 98 valence electrons. The number of anilines is 1. The number of rotatable bonds is 1. The summed E-state index contributed by atoms with van der Waals surface area (Å²) in [4.78, 5) is 2.18. The second-order valence-electron chi connectivity index (χ2n) is 4.38. The lowest BCUT2D eigenvalue weighted by Gasteiger charge is -2.35. The Bertz CT molecular complexity index is 435. The molecule has 0 radical (unpaired) electrons. The molecule has 0 bridgehead atoms. The first-order valence-electron chi connectivity index (χ1n) is 5.99. The van der Waals surface area contributed by atoms with Gasteiger partial charge in [-0.15, -0.1) is 0 Å². The molecule has 0 amide bonds. The van der Waals surface area contributed by atoms with Crippen LogP contribution >= 0.6 is 11.6 Å². The van der Waals surface area contributed by atoms with Gasteiger partial charge in [0.2, 0.25) is 5.56 Å². The first-order valence-corrected chi connectivity index (χ1v) is 6.43. The van der Waals surface area contributed by atoms with Crippen LogP contribution in [0.4, 0.5) is 5.69 Å². The molecule has 1 aromatic rings. The molecular formula is C12H15ClN2O3. The summed E-state index contributed by atoms with van der Waals surface area (Å²) in [6.07, 6.45) is 0. The second kappa shape index (κ2) is 4.84. The van der Waals surface area contributed by atoms with Gasteiger partial charge >= 0.3 is 0 Å². The van der Waals surface area contributed by atoms with Crippen LogP contribution in [0.2, 0.25) is 0 Å². The Labute approximate surface area is 110 Å². The van der Waals surface area contributed by atoms with Gasteiger partial charge in [-0.3, -0.25) is 0 Å². The topological polar surface area (TPSA) is 45.2 Å². The Hall–Kier alpha value is -1.17. The van der Waals surface area contributed by atoms with E-state index in [0.29, 0.717) is 25.4 Å². The number of ether oxygens (including phenoxy) is 2. The first kappa shape index (κ1) is 11.9. The van der Waals surface area contributed by atoms with Crippen molar-refractivity contribution in [3.8, 4) is 11.5 Å². The third kappa shape index (κ3) is 2.21. The van der Waals surface area contributed by atoms with E-state index >= 15 is 0 Å². The molecule has 5 nitrogen and oxygen atoms in total. The van der Waals surface area contributed by atoms with Gasteiger partial charge < -0.3 is 19.6 Å². The van der Waals surface area contributed by atoms with Crippen LogP contribution in [-0.4, -0.2) is 48.6 Å². The molecule has 0 saturated carbocycles. The van der Waals surface area contributed by atoms with Crippen molar-refractivity contribution in [2.45, 2.75) is 5.56 Å². The molecule has 18 heavy (non-hydrogen) atoms. The third-order valence-corrected chi connectivity index (χ3v) is 3.38. The van der Waals surface area contributed by atoms with Gasteiger partial charge in [-0.05, 0) is 12.1 Å². The Morgan fingerprint density at radius 1 is 1.22 bits per heavy atom. The summed E-state index contributed by atoms with van der Waals surface area (Å²) >= 11 is 5.90. The van der Waals surface area contributed by atoms with E-state index in [0.717, 1.165) is 24.5 Å².